The monoisotopic (exact) mass is 1520 g/mol. The second-order valence-electron chi connectivity index (χ2n) is 27.9. The summed E-state index contributed by atoms with van der Waals surface area (Å²) in [5, 5.41) is 27.5. The normalized spacial score (nSPS) is 16.5. The van der Waals surface area contributed by atoms with Gasteiger partial charge in [-0.15, -0.1) is 24.8 Å². The summed E-state index contributed by atoms with van der Waals surface area (Å²) in [6.07, 6.45) is -5.44. The molecule has 20 nitrogen and oxygen atoms in total. The molecular weight excluding hydrogens is 1430 g/mol. The number of hydrogen-bond donors (Lipinski definition) is 5. The minimum absolute atomic E-state index is 0. The van der Waals surface area contributed by atoms with Crippen LogP contribution >= 0.6 is 36.4 Å². The Morgan fingerprint density at radius 3 is 1.41 bits per heavy atom. The summed E-state index contributed by atoms with van der Waals surface area (Å²) in [6, 6.07) is 11.4. The minimum atomic E-state index is -4.38. The number of rotatable bonds is 5. The summed E-state index contributed by atoms with van der Waals surface area (Å²) in [5.74, 6) is -0.150. The third-order valence-electron chi connectivity index (χ3n) is 17.9. The van der Waals surface area contributed by atoms with E-state index >= 15 is 0 Å². The molecule has 4 amide bonds. The van der Waals surface area contributed by atoms with E-state index in [1.165, 1.54) is 23.8 Å². The predicted molar refractivity (Wildman–Crippen MR) is 372 cm³/mol. The van der Waals surface area contributed by atoms with Crippen molar-refractivity contribution in [2.24, 2.45) is 0 Å². The van der Waals surface area contributed by atoms with Crippen LogP contribution in [-0.4, -0.2) is 150 Å². The van der Waals surface area contributed by atoms with E-state index in [0.29, 0.717) is 136 Å². The summed E-state index contributed by atoms with van der Waals surface area (Å²) in [6.45, 7) is 23.2. The van der Waals surface area contributed by atoms with Gasteiger partial charge in [0.05, 0.1) is 58.1 Å². The number of aromatic nitrogens is 6. The summed E-state index contributed by atoms with van der Waals surface area (Å²) >= 11 is 5.96. The van der Waals surface area contributed by atoms with E-state index in [1.807, 2.05) is 53.8 Å². The smallest absolute Gasteiger partial charge is 0.417 e. The van der Waals surface area contributed by atoms with Crippen LogP contribution in [0.25, 0.3) is 0 Å². The lowest BCUT2D eigenvalue weighted by molar-refractivity contribution is -0.191. The highest BCUT2D eigenvalue weighted by molar-refractivity contribution is 6.32. The number of fused-ring (bicyclic) bond motifs is 3. The number of halogens is 12. The van der Waals surface area contributed by atoms with E-state index in [-0.39, 0.29) is 79.1 Å². The van der Waals surface area contributed by atoms with Crippen molar-refractivity contribution in [2.45, 2.75) is 195 Å². The summed E-state index contributed by atoms with van der Waals surface area (Å²) in [4.78, 5) is 73.3. The number of ether oxygens (including phenoxy) is 2. The molecule has 0 bridgehead atoms. The van der Waals surface area contributed by atoms with Gasteiger partial charge in [0.1, 0.15) is 11.2 Å². The maximum Gasteiger partial charge on any atom is 0.417 e. The molecule has 0 radical (unpaired) electrons. The topological polar surface area (TPSA) is 244 Å². The zero-order valence-electron chi connectivity index (χ0n) is 58.3. The number of aromatic amines is 3. The quantitative estimate of drug-likeness (QED) is 0.101. The van der Waals surface area contributed by atoms with E-state index in [9.17, 15) is 58.7 Å². The number of aryl methyl sites for hydroxylation is 3. The standard InChI is InChI=1S/C25H31F3N4O3.C20H23F3N4O.C13H15ClF3N.C11H17N3O2.CO2.CH4.2ClH/c1-15-11-17(13-18(12-15)25(26,27)28)16-5-8-31(9-6-16)22(33)21-19-7-10-32(14-20(19)29-30-21)23(34)35-24(2,3)4;1-12-8-14(10-15(9-12)20(21,22)23)13-3-6-27(7-4-13)19(28)18-16-2-5-24-11-17(16)25-26-18;1-8-6-10(9-2-4-18-5-3-9)12(14)11(7-8)13(15,16)17;1-11(2,3)16-10(15)14-5-4-8-6-12-13-9(8)7-14;2-1-3;;;/h11-13,16H,5-10,14H2,1-4H3,(H,29,30);8-10,13,24H,2-7,11H2,1H3,(H,25,26);6-7,9,18H,2-5H2,1H3;6H,4-5,7H2,1-3H3,(H,12,13);;1H4;2*1H. The van der Waals surface area contributed by atoms with Gasteiger partial charge in [0.2, 0.25) is 0 Å². The number of carbonyl (C=O) groups is 4. The molecule has 3 saturated heterocycles. The highest BCUT2D eigenvalue weighted by Crippen LogP contribution is 2.42. The maximum atomic E-state index is 13.2. The SMILES string of the molecule is C.CC(C)(C)OC(=O)N1CCc2cn[nH]c2C1.Cc1cc(C2CCN(C(=O)c3n[nH]c4c3CCN(C(=O)OC(C)(C)C)C4)CC2)cc(C(F)(F)F)c1.Cc1cc(C2CCN(C(=O)c3n[nH]c4c3CCNC4)CC2)cc(C(F)(F)F)c1.Cc1cc(C2CCNCC2)c(Cl)c(C(F)(F)F)c1.Cl.Cl.O=C=O. The third kappa shape index (κ3) is 23.4. The molecule has 3 fully saturated rings. The highest BCUT2D eigenvalue weighted by atomic mass is 35.5. The van der Waals surface area contributed by atoms with Gasteiger partial charge in [0, 0.05) is 56.9 Å². The van der Waals surface area contributed by atoms with E-state index in [2.05, 4.69) is 41.2 Å². The first-order valence-corrected chi connectivity index (χ1v) is 33.6. The molecule has 3 aromatic heterocycles. The van der Waals surface area contributed by atoms with E-state index in [0.717, 1.165) is 85.7 Å². The number of H-pyrrole nitrogens is 3. The Kier molecular flexibility index (Phi) is 30.3. The van der Waals surface area contributed by atoms with Crippen molar-refractivity contribution in [2.75, 3.05) is 58.9 Å². The van der Waals surface area contributed by atoms with Crippen LogP contribution in [0.5, 0.6) is 0 Å². The van der Waals surface area contributed by atoms with Gasteiger partial charge in [0.15, 0.2) is 11.4 Å². The fourth-order valence-electron chi connectivity index (χ4n) is 13.1. The number of nitrogens with one attached hydrogen (secondary N) is 5. The third-order valence-corrected chi connectivity index (χ3v) is 18.4. The molecular formula is C71H92Cl3F9N12O8. The Morgan fingerprint density at radius 2 is 0.951 bits per heavy atom. The number of hydrogen-bond acceptors (Lipinski definition) is 13. The molecule has 5 N–H and O–H groups in total. The van der Waals surface area contributed by atoms with Gasteiger partial charge in [-0.25, -0.2) is 9.59 Å². The van der Waals surface area contributed by atoms with Crippen molar-refractivity contribution in [3.8, 4) is 0 Å². The molecule has 9 heterocycles. The molecule has 0 saturated carbocycles. The Morgan fingerprint density at radius 1 is 0.515 bits per heavy atom. The molecule has 32 heteroatoms. The van der Waals surface area contributed by atoms with Gasteiger partial charge in [-0.1, -0.05) is 53.9 Å². The van der Waals surface area contributed by atoms with Crippen LogP contribution < -0.4 is 10.6 Å². The molecule has 0 atom stereocenters. The van der Waals surface area contributed by atoms with Crippen LogP contribution in [0.2, 0.25) is 5.02 Å². The lowest BCUT2D eigenvalue weighted by Crippen LogP contribution is -2.41. The molecule has 12 rings (SSSR count). The van der Waals surface area contributed by atoms with Crippen LogP contribution in [0.15, 0.2) is 54.7 Å². The van der Waals surface area contributed by atoms with Gasteiger partial charge < -0.3 is 39.7 Å². The van der Waals surface area contributed by atoms with Gasteiger partial charge in [0.25, 0.3) is 11.8 Å². The molecule has 103 heavy (non-hydrogen) atoms. The molecule has 0 aliphatic carbocycles. The van der Waals surface area contributed by atoms with Crippen molar-refractivity contribution in [3.05, 3.63) is 155 Å². The molecule has 6 aromatic rings. The molecule has 0 spiro atoms. The fraction of sp³-hybridized carbons (Fsp3) is 0.549. The van der Waals surface area contributed by atoms with Gasteiger partial charge in [-0.3, -0.25) is 24.9 Å². The van der Waals surface area contributed by atoms with Crippen molar-refractivity contribution in [1.29, 1.82) is 0 Å². The number of benzene rings is 3. The van der Waals surface area contributed by atoms with Crippen molar-refractivity contribution < 1.29 is 77.8 Å². The van der Waals surface area contributed by atoms with E-state index < -0.39 is 52.5 Å². The Balaban J connectivity index is 0.000000252. The number of likely N-dealkylation sites (tertiary alicyclic amines) is 2. The number of nitrogens with zero attached hydrogens (tertiary/aromatic N) is 7. The number of piperidine rings is 3. The largest absolute Gasteiger partial charge is 0.444 e. The van der Waals surface area contributed by atoms with Crippen molar-refractivity contribution in [3.63, 3.8) is 0 Å². The first-order valence-electron chi connectivity index (χ1n) is 33.2. The summed E-state index contributed by atoms with van der Waals surface area (Å²) in [7, 11) is 0. The van der Waals surface area contributed by atoms with Gasteiger partial charge >= 0.3 is 36.9 Å². The molecule has 0 unspecified atom stereocenters. The zero-order valence-corrected chi connectivity index (χ0v) is 60.7. The zero-order chi connectivity index (χ0) is 73.2. The van der Waals surface area contributed by atoms with Crippen molar-refractivity contribution >= 4 is 66.6 Å². The fourth-order valence-corrected chi connectivity index (χ4v) is 13.5. The van der Waals surface area contributed by atoms with Crippen molar-refractivity contribution in [1.82, 2.24) is 60.8 Å². The minimum Gasteiger partial charge on any atom is -0.444 e. The van der Waals surface area contributed by atoms with E-state index in [1.54, 1.807) is 52.5 Å². The molecule has 6 aliphatic rings. The number of amides is 4. The van der Waals surface area contributed by atoms with Crippen LogP contribution in [0.3, 0.4) is 0 Å². The molecule has 568 valence electrons. The number of carbonyl (C=O) groups excluding carboxylic acids is 6. The first kappa shape index (κ1) is 86.0. The predicted octanol–water partition coefficient (Wildman–Crippen LogP) is 15.2. The van der Waals surface area contributed by atoms with Crippen LogP contribution in [0.1, 0.15) is 210 Å². The Bertz CT molecular complexity index is 3870. The van der Waals surface area contributed by atoms with Crippen LogP contribution in [0, 0.1) is 20.8 Å². The highest BCUT2D eigenvalue weighted by Gasteiger charge is 2.39. The average molecular weight is 1520 g/mol. The lowest BCUT2D eigenvalue weighted by Gasteiger charge is -2.33. The Labute approximate surface area is 610 Å². The summed E-state index contributed by atoms with van der Waals surface area (Å²) in [5.41, 5.74) is 7.39. The van der Waals surface area contributed by atoms with Crippen LogP contribution in [-0.2, 0) is 76.5 Å². The summed E-state index contributed by atoms with van der Waals surface area (Å²) < 4.78 is 128. The molecule has 6 aliphatic heterocycles. The Hall–Kier alpha value is -7.69. The van der Waals surface area contributed by atoms with Gasteiger partial charge in [-0.05, 0) is 210 Å². The molecule has 3 aromatic carbocycles. The first-order chi connectivity index (χ1) is 46.9. The average Bonchev–Trinajstić information content (AvgIpc) is 1.67. The number of alkyl halides is 9. The van der Waals surface area contributed by atoms with Crippen LogP contribution in [0.4, 0.5) is 49.1 Å². The second-order valence-corrected chi connectivity index (χ2v) is 28.3. The lowest BCUT2D eigenvalue weighted by atomic mass is 9.87. The van der Waals surface area contributed by atoms with Gasteiger partial charge in [-0.2, -0.15) is 64.4 Å². The van der Waals surface area contributed by atoms with E-state index in [4.69, 9.17) is 30.7 Å². The maximum absolute atomic E-state index is 13.2. The second kappa shape index (κ2) is 36.3.